The van der Waals surface area contributed by atoms with Gasteiger partial charge in [0.15, 0.2) is 0 Å². The van der Waals surface area contributed by atoms with Crippen LogP contribution >= 0.6 is 0 Å². The highest BCUT2D eigenvalue weighted by atomic mass is 19.4. The molecule has 7 heteroatoms. The van der Waals surface area contributed by atoms with Crippen molar-refractivity contribution in [2.75, 3.05) is 19.8 Å². The minimum atomic E-state index is -4.24. The highest BCUT2D eigenvalue weighted by molar-refractivity contribution is 5.23. The highest BCUT2D eigenvalue weighted by Gasteiger charge is 2.27. The van der Waals surface area contributed by atoms with Crippen molar-refractivity contribution in [2.45, 2.75) is 33.0 Å². The van der Waals surface area contributed by atoms with E-state index in [1.54, 1.807) is 0 Å². The Hall–Kier alpha value is -1.08. The zero-order chi connectivity index (χ0) is 14.5. The fourth-order valence-electron chi connectivity index (χ4n) is 1.77. The smallest absolute Gasteiger partial charge is 0.372 e. The van der Waals surface area contributed by atoms with Gasteiger partial charge in [-0.1, -0.05) is 0 Å². The number of alkyl halides is 3. The van der Waals surface area contributed by atoms with Crippen LogP contribution in [0.4, 0.5) is 13.2 Å². The van der Waals surface area contributed by atoms with E-state index in [0.717, 1.165) is 17.0 Å². The Bertz CT molecular complexity index is 402. The molecule has 110 valence electrons. The standard InChI is InChI=1S/C12H20F3N3O/c1-9-11(10(2)18(3)17-9)7-16-5-4-6-19-8-12(13,14)15/h16H,4-8H2,1-3H3. The molecule has 0 aliphatic rings. The molecule has 0 saturated heterocycles. The molecular weight excluding hydrogens is 259 g/mol. The van der Waals surface area contributed by atoms with Crippen LogP contribution in [0.15, 0.2) is 0 Å². The molecule has 0 amide bonds. The summed E-state index contributed by atoms with van der Waals surface area (Å²) in [6, 6.07) is 0. The Morgan fingerprint density at radius 1 is 1.32 bits per heavy atom. The summed E-state index contributed by atoms with van der Waals surface area (Å²) in [5, 5.41) is 7.47. The normalized spacial score (nSPS) is 12.1. The van der Waals surface area contributed by atoms with Crippen molar-refractivity contribution in [1.82, 2.24) is 15.1 Å². The van der Waals surface area contributed by atoms with Crippen molar-refractivity contribution < 1.29 is 17.9 Å². The number of aryl methyl sites for hydroxylation is 2. The maximum Gasteiger partial charge on any atom is 0.411 e. The van der Waals surface area contributed by atoms with Crippen LogP contribution in [0.2, 0.25) is 0 Å². The fraction of sp³-hybridized carbons (Fsp3) is 0.750. The molecule has 0 unspecified atom stereocenters. The van der Waals surface area contributed by atoms with Crippen molar-refractivity contribution in [3.8, 4) is 0 Å². The zero-order valence-corrected chi connectivity index (χ0v) is 11.5. The molecule has 1 aromatic rings. The van der Waals surface area contributed by atoms with E-state index in [-0.39, 0.29) is 6.61 Å². The maximum absolute atomic E-state index is 11.8. The van der Waals surface area contributed by atoms with Gasteiger partial charge in [-0.15, -0.1) is 0 Å². The number of halogens is 3. The summed E-state index contributed by atoms with van der Waals surface area (Å²) in [7, 11) is 1.89. The molecule has 1 heterocycles. The molecule has 0 aliphatic heterocycles. The molecule has 0 aromatic carbocycles. The van der Waals surface area contributed by atoms with Gasteiger partial charge in [-0.3, -0.25) is 4.68 Å². The highest BCUT2D eigenvalue weighted by Crippen LogP contribution is 2.14. The Balaban J connectivity index is 2.14. The van der Waals surface area contributed by atoms with Crippen LogP contribution in [-0.2, 0) is 18.3 Å². The van der Waals surface area contributed by atoms with Gasteiger partial charge in [0, 0.05) is 31.5 Å². The van der Waals surface area contributed by atoms with E-state index in [4.69, 9.17) is 0 Å². The molecule has 0 saturated carbocycles. The van der Waals surface area contributed by atoms with Crippen LogP contribution in [0.3, 0.4) is 0 Å². The molecule has 1 aromatic heterocycles. The second-order valence-electron chi connectivity index (χ2n) is 4.47. The molecule has 0 aliphatic carbocycles. The van der Waals surface area contributed by atoms with Gasteiger partial charge >= 0.3 is 6.18 Å². The van der Waals surface area contributed by atoms with Gasteiger partial charge in [0.05, 0.1) is 5.69 Å². The van der Waals surface area contributed by atoms with Gasteiger partial charge in [0.2, 0.25) is 0 Å². The van der Waals surface area contributed by atoms with Crippen molar-refractivity contribution in [2.24, 2.45) is 7.05 Å². The lowest BCUT2D eigenvalue weighted by atomic mass is 10.2. The third-order valence-electron chi connectivity index (χ3n) is 2.87. The van der Waals surface area contributed by atoms with E-state index in [1.807, 2.05) is 25.6 Å². The Kier molecular flexibility index (Phi) is 5.81. The number of rotatable bonds is 7. The molecule has 1 rings (SSSR count). The van der Waals surface area contributed by atoms with Crippen molar-refractivity contribution in [3.05, 3.63) is 17.0 Å². The maximum atomic E-state index is 11.8. The van der Waals surface area contributed by atoms with Crippen LogP contribution in [0.25, 0.3) is 0 Å². The number of hydrogen-bond donors (Lipinski definition) is 1. The number of nitrogens with one attached hydrogen (secondary N) is 1. The third-order valence-corrected chi connectivity index (χ3v) is 2.87. The fourth-order valence-corrected chi connectivity index (χ4v) is 1.77. The van der Waals surface area contributed by atoms with Gasteiger partial charge in [0.25, 0.3) is 0 Å². The largest absolute Gasteiger partial charge is 0.411 e. The van der Waals surface area contributed by atoms with Crippen molar-refractivity contribution >= 4 is 0 Å². The monoisotopic (exact) mass is 279 g/mol. The Labute approximate surface area is 110 Å². The summed E-state index contributed by atoms with van der Waals surface area (Å²) in [5.74, 6) is 0. The zero-order valence-electron chi connectivity index (χ0n) is 11.5. The Morgan fingerprint density at radius 3 is 2.53 bits per heavy atom. The minimum Gasteiger partial charge on any atom is -0.372 e. The summed E-state index contributed by atoms with van der Waals surface area (Å²) in [4.78, 5) is 0. The number of ether oxygens (including phenoxy) is 1. The minimum absolute atomic E-state index is 0.109. The van der Waals surface area contributed by atoms with Crippen LogP contribution in [0, 0.1) is 13.8 Å². The van der Waals surface area contributed by atoms with E-state index in [9.17, 15) is 13.2 Å². The van der Waals surface area contributed by atoms with E-state index in [2.05, 4.69) is 15.2 Å². The van der Waals surface area contributed by atoms with E-state index in [0.29, 0.717) is 19.5 Å². The summed E-state index contributed by atoms with van der Waals surface area (Å²) in [6.45, 7) is 4.15. The van der Waals surface area contributed by atoms with Crippen LogP contribution in [0.5, 0.6) is 0 Å². The van der Waals surface area contributed by atoms with E-state index >= 15 is 0 Å². The first-order valence-electron chi connectivity index (χ1n) is 6.15. The first-order valence-corrected chi connectivity index (χ1v) is 6.15. The third kappa shape index (κ3) is 5.61. The predicted octanol–water partition coefficient (Wildman–Crippen LogP) is 2.10. The number of aromatic nitrogens is 2. The molecule has 0 radical (unpaired) electrons. The van der Waals surface area contributed by atoms with Crippen molar-refractivity contribution in [3.63, 3.8) is 0 Å². The first-order chi connectivity index (χ1) is 8.81. The SMILES string of the molecule is Cc1nn(C)c(C)c1CNCCCOCC(F)(F)F. The van der Waals surface area contributed by atoms with E-state index < -0.39 is 12.8 Å². The topological polar surface area (TPSA) is 39.1 Å². The van der Waals surface area contributed by atoms with Gasteiger partial charge < -0.3 is 10.1 Å². The van der Waals surface area contributed by atoms with Crippen LogP contribution < -0.4 is 5.32 Å². The lowest BCUT2D eigenvalue weighted by Gasteiger charge is -2.08. The molecule has 1 N–H and O–H groups in total. The van der Waals surface area contributed by atoms with Crippen molar-refractivity contribution in [1.29, 1.82) is 0 Å². The van der Waals surface area contributed by atoms with Crippen LogP contribution in [0.1, 0.15) is 23.4 Å². The van der Waals surface area contributed by atoms with Gasteiger partial charge in [-0.05, 0) is 26.8 Å². The summed E-state index contributed by atoms with van der Waals surface area (Å²) < 4.78 is 41.7. The predicted molar refractivity (Wildman–Crippen MR) is 65.9 cm³/mol. The van der Waals surface area contributed by atoms with Gasteiger partial charge in [-0.25, -0.2) is 0 Å². The van der Waals surface area contributed by atoms with Crippen LogP contribution in [-0.4, -0.2) is 35.7 Å². The molecule has 0 fully saturated rings. The lowest BCUT2D eigenvalue weighted by molar-refractivity contribution is -0.173. The summed E-state index contributed by atoms with van der Waals surface area (Å²) in [5.41, 5.74) is 3.21. The average molecular weight is 279 g/mol. The average Bonchev–Trinajstić information content (AvgIpc) is 2.52. The first kappa shape index (κ1) is 16.0. The molecule has 4 nitrogen and oxygen atoms in total. The summed E-state index contributed by atoms with van der Waals surface area (Å²) in [6.07, 6.45) is -3.69. The van der Waals surface area contributed by atoms with Gasteiger partial charge in [-0.2, -0.15) is 18.3 Å². The molecule has 0 spiro atoms. The second kappa shape index (κ2) is 6.91. The Morgan fingerprint density at radius 2 is 2.00 bits per heavy atom. The van der Waals surface area contributed by atoms with Gasteiger partial charge in [0.1, 0.15) is 6.61 Å². The summed E-state index contributed by atoms with van der Waals surface area (Å²) >= 11 is 0. The molecule has 19 heavy (non-hydrogen) atoms. The number of nitrogens with zero attached hydrogens (tertiary/aromatic N) is 2. The number of hydrogen-bond acceptors (Lipinski definition) is 3. The molecule has 0 bridgehead atoms. The molecular formula is C12H20F3N3O. The lowest BCUT2D eigenvalue weighted by Crippen LogP contribution is -2.20. The second-order valence-corrected chi connectivity index (χ2v) is 4.47. The van der Waals surface area contributed by atoms with E-state index in [1.165, 1.54) is 0 Å². The quantitative estimate of drug-likeness (QED) is 0.777. The molecule has 0 atom stereocenters.